The minimum atomic E-state index is -0.213. The van der Waals surface area contributed by atoms with E-state index in [1.54, 1.807) is 0 Å². The average molecular weight is 372 g/mol. The number of amides is 1. The molecule has 0 bridgehead atoms. The van der Waals surface area contributed by atoms with E-state index in [9.17, 15) is 4.79 Å². The van der Waals surface area contributed by atoms with Gasteiger partial charge in [-0.25, -0.2) is 15.4 Å². The maximum absolute atomic E-state index is 12.0. The van der Waals surface area contributed by atoms with Crippen LogP contribution in [0.5, 0.6) is 11.5 Å². The first-order valence-corrected chi connectivity index (χ1v) is 9.18. The normalized spacial score (nSPS) is 13.4. The maximum atomic E-state index is 12.0. The van der Waals surface area contributed by atoms with Crippen LogP contribution in [-0.4, -0.2) is 40.6 Å². The van der Waals surface area contributed by atoms with Crippen LogP contribution in [-0.2, 0) is 4.79 Å². The molecule has 1 aromatic carbocycles. The van der Waals surface area contributed by atoms with Gasteiger partial charge in [-0.1, -0.05) is 11.8 Å². The third-order valence-electron chi connectivity index (χ3n) is 3.60. The number of hydrazone groups is 1. The zero-order valence-corrected chi connectivity index (χ0v) is 15.7. The zero-order chi connectivity index (χ0) is 18.5. The third-order valence-corrected chi connectivity index (χ3v) is 4.45. The van der Waals surface area contributed by atoms with E-state index in [0.717, 1.165) is 22.7 Å². The molecule has 0 saturated heterocycles. The number of rotatable bonds is 5. The fraction of sp³-hybridized carbons (Fsp3) is 0.333. The number of carbonyl (C=O) groups is 1. The van der Waals surface area contributed by atoms with E-state index in [-0.39, 0.29) is 11.7 Å². The van der Waals surface area contributed by atoms with Gasteiger partial charge in [0, 0.05) is 17.0 Å². The first kappa shape index (κ1) is 18.2. The average Bonchev–Trinajstić information content (AvgIpc) is 2.63. The van der Waals surface area contributed by atoms with E-state index in [1.165, 1.54) is 11.8 Å². The first-order chi connectivity index (χ1) is 12.5. The predicted molar refractivity (Wildman–Crippen MR) is 100 cm³/mol. The molecule has 1 amide bonds. The van der Waals surface area contributed by atoms with Crippen molar-refractivity contribution < 1.29 is 14.3 Å². The van der Waals surface area contributed by atoms with Gasteiger partial charge in [0.2, 0.25) is 0 Å². The second-order valence-corrected chi connectivity index (χ2v) is 6.76. The number of fused-ring (bicyclic) bond motifs is 1. The summed E-state index contributed by atoms with van der Waals surface area (Å²) in [7, 11) is 0. The van der Waals surface area contributed by atoms with Gasteiger partial charge in [0.1, 0.15) is 13.2 Å². The van der Waals surface area contributed by atoms with Crippen LogP contribution in [0.3, 0.4) is 0 Å². The molecule has 3 rings (SSSR count). The molecule has 0 aliphatic carbocycles. The summed E-state index contributed by atoms with van der Waals surface area (Å²) in [6.07, 6.45) is 0. The Kier molecular flexibility index (Phi) is 5.72. The van der Waals surface area contributed by atoms with Crippen LogP contribution < -0.4 is 14.9 Å². The summed E-state index contributed by atoms with van der Waals surface area (Å²) in [5, 5.41) is 4.75. The fourth-order valence-electron chi connectivity index (χ4n) is 2.40. The van der Waals surface area contributed by atoms with Gasteiger partial charge in [-0.3, -0.25) is 4.79 Å². The van der Waals surface area contributed by atoms with Crippen molar-refractivity contribution in [1.29, 1.82) is 0 Å². The number of hydrogen-bond donors (Lipinski definition) is 1. The van der Waals surface area contributed by atoms with Crippen LogP contribution in [0.4, 0.5) is 0 Å². The number of ether oxygens (including phenoxy) is 2. The molecular formula is C18H20N4O3S. The lowest BCUT2D eigenvalue weighted by Crippen LogP contribution is -2.21. The molecule has 2 aromatic rings. The van der Waals surface area contributed by atoms with Gasteiger partial charge in [0.25, 0.3) is 5.91 Å². The Labute approximate surface area is 156 Å². The summed E-state index contributed by atoms with van der Waals surface area (Å²) < 4.78 is 11.1. The number of aryl methyl sites for hydroxylation is 2. The summed E-state index contributed by atoms with van der Waals surface area (Å²) in [5.74, 6) is 1.40. The molecule has 7 nitrogen and oxygen atoms in total. The van der Waals surface area contributed by atoms with E-state index in [4.69, 9.17) is 9.47 Å². The van der Waals surface area contributed by atoms with Gasteiger partial charge in [-0.15, -0.1) is 0 Å². The monoisotopic (exact) mass is 372 g/mol. The topological polar surface area (TPSA) is 85.7 Å². The van der Waals surface area contributed by atoms with E-state index in [2.05, 4.69) is 20.5 Å². The van der Waals surface area contributed by atoms with Gasteiger partial charge in [0.15, 0.2) is 16.7 Å². The molecular weight excluding hydrogens is 352 g/mol. The molecule has 1 N–H and O–H groups in total. The molecule has 0 spiro atoms. The summed E-state index contributed by atoms with van der Waals surface area (Å²) in [4.78, 5) is 20.6. The highest BCUT2D eigenvalue weighted by Gasteiger charge is 2.13. The highest BCUT2D eigenvalue weighted by molar-refractivity contribution is 7.99. The Hall–Kier alpha value is -2.61. The maximum Gasteiger partial charge on any atom is 0.250 e. The second-order valence-electron chi connectivity index (χ2n) is 5.81. The molecule has 8 heteroatoms. The van der Waals surface area contributed by atoms with Gasteiger partial charge in [0.05, 0.1) is 11.5 Å². The molecule has 1 aromatic heterocycles. The number of benzene rings is 1. The number of thioether (sulfide) groups is 1. The van der Waals surface area contributed by atoms with Crippen molar-refractivity contribution in [2.45, 2.75) is 25.9 Å². The SMILES string of the molecule is C/C(=N/NC(=O)CSc1nc(C)cc(C)n1)c1ccc2c(c1)OCCO2. The lowest BCUT2D eigenvalue weighted by Gasteiger charge is -2.18. The standard InChI is InChI=1S/C18H20N4O3S/c1-11-8-12(2)20-18(19-11)26-10-17(23)22-21-13(3)14-4-5-15-16(9-14)25-7-6-24-15/h4-5,8-9H,6-7,10H2,1-3H3,(H,22,23)/b21-13-. The van der Waals surface area contributed by atoms with Crippen LogP contribution in [0, 0.1) is 13.8 Å². The highest BCUT2D eigenvalue weighted by Crippen LogP contribution is 2.30. The van der Waals surface area contributed by atoms with Crippen molar-refractivity contribution in [3.05, 3.63) is 41.2 Å². The van der Waals surface area contributed by atoms with Crippen molar-refractivity contribution >= 4 is 23.4 Å². The minimum absolute atomic E-state index is 0.195. The number of nitrogens with one attached hydrogen (secondary N) is 1. The van der Waals surface area contributed by atoms with Crippen LogP contribution in [0.25, 0.3) is 0 Å². The number of carbonyl (C=O) groups excluding carboxylic acids is 1. The van der Waals surface area contributed by atoms with Crippen LogP contribution in [0.15, 0.2) is 34.5 Å². The number of nitrogens with zero attached hydrogens (tertiary/aromatic N) is 3. The Morgan fingerprint density at radius 1 is 1.15 bits per heavy atom. The molecule has 1 aliphatic heterocycles. The number of hydrogen-bond acceptors (Lipinski definition) is 7. The van der Waals surface area contributed by atoms with Crippen molar-refractivity contribution in [3.8, 4) is 11.5 Å². The van der Waals surface area contributed by atoms with E-state index in [0.29, 0.717) is 29.8 Å². The van der Waals surface area contributed by atoms with Crippen LogP contribution in [0.2, 0.25) is 0 Å². The van der Waals surface area contributed by atoms with Crippen LogP contribution >= 0.6 is 11.8 Å². The Bertz CT molecular complexity index is 834. The summed E-state index contributed by atoms with van der Waals surface area (Å²) in [6, 6.07) is 7.48. The third kappa shape index (κ3) is 4.72. The first-order valence-electron chi connectivity index (χ1n) is 8.19. The molecule has 0 fully saturated rings. The Morgan fingerprint density at radius 2 is 1.85 bits per heavy atom. The smallest absolute Gasteiger partial charge is 0.250 e. The summed E-state index contributed by atoms with van der Waals surface area (Å²) >= 11 is 1.28. The number of aromatic nitrogens is 2. The lowest BCUT2D eigenvalue weighted by atomic mass is 10.1. The van der Waals surface area contributed by atoms with Gasteiger partial charge in [-0.05, 0) is 45.0 Å². The largest absolute Gasteiger partial charge is 0.486 e. The lowest BCUT2D eigenvalue weighted by molar-refractivity contribution is -0.118. The quantitative estimate of drug-likeness (QED) is 0.376. The van der Waals surface area contributed by atoms with Crippen molar-refractivity contribution in [2.75, 3.05) is 19.0 Å². The van der Waals surface area contributed by atoms with Gasteiger partial charge in [-0.2, -0.15) is 5.10 Å². The molecule has 1 aliphatic rings. The van der Waals surface area contributed by atoms with E-state index in [1.807, 2.05) is 45.0 Å². The minimum Gasteiger partial charge on any atom is -0.486 e. The zero-order valence-electron chi connectivity index (χ0n) is 14.9. The predicted octanol–water partition coefficient (Wildman–Crippen LogP) is 2.50. The van der Waals surface area contributed by atoms with Crippen molar-refractivity contribution in [2.24, 2.45) is 5.10 Å². The summed E-state index contributed by atoms with van der Waals surface area (Å²) in [6.45, 7) is 6.71. The molecule has 136 valence electrons. The van der Waals surface area contributed by atoms with E-state index < -0.39 is 0 Å². The molecule has 0 saturated carbocycles. The highest BCUT2D eigenvalue weighted by atomic mass is 32.2. The molecule has 26 heavy (non-hydrogen) atoms. The van der Waals surface area contributed by atoms with Crippen molar-refractivity contribution in [3.63, 3.8) is 0 Å². The van der Waals surface area contributed by atoms with Gasteiger partial charge < -0.3 is 9.47 Å². The Balaban J connectivity index is 1.57. The summed E-state index contributed by atoms with van der Waals surface area (Å²) in [5.41, 5.74) is 5.87. The van der Waals surface area contributed by atoms with Gasteiger partial charge >= 0.3 is 0 Å². The Morgan fingerprint density at radius 3 is 2.58 bits per heavy atom. The molecule has 0 radical (unpaired) electrons. The molecule has 0 atom stereocenters. The van der Waals surface area contributed by atoms with Crippen LogP contribution in [0.1, 0.15) is 23.9 Å². The molecule has 2 heterocycles. The fourth-order valence-corrected chi connectivity index (χ4v) is 3.14. The second kappa shape index (κ2) is 8.18. The van der Waals surface area contributed by atoms with E-state index >= 15 is 0 Å². The van der Waals surface area contributed by atoms with Crippen molar-refractivity contribution in [1.82, 2.24) is 15.4 Å². The molecule has 0 unspecified atom stereocenters.